The number of alkyl halides is 3. The van der Waals surface area contributed by atoms with Crippen LogP contribution in [0.3, 0.4) is 0 Å². The summed E-state index contributed by atoms with van der Waals surface area (Å²) in [4.78, 5) is 15.0. The fourth-order valence-corrected chi connectivity index (χ4v) is 4.69. The van der Waals surface area contributed by atoms with Crippen molar-refractivity contribution in [2.24, 2.45) is 0 Å². The fraction of sp³-hybridized carbons (Fsp3) is 0.318. The molecule has 3 aromatic rings. The summed E-state index contributed by atoms with van der Waals surface area (Å²) in [6, 6.07) is 10.2. The maximum atomic E-state index is 13.1. The van der Waals surface area contributed by atoms with E-state index in [1.165, 1.54) is 10.5 Å². The van der Waals surface area contributed by atoms with Crippen LogP contribution < -0.4 is 4.90 Å². The first-order chi connectivity index (χ1) is 14.5. The number of pyridine rings is 1. The monoisotopic (exact) mass is 446 g/mol. The van der Waals surface area contributed by atoms with Gasteiger partial charge in [-0.15, -0.1) is 10.2 Å². The molecule has 1 aliphatic heterocycles. The number of allylic oxidation sites excluding steroid dienone is 2. The van der Waals surface area contributed by atoms with Crippen molar-refractivity contribution in [3.8, 4) is 0 Å². The van der Waals surface area contributed by atoms with Crippen molar-refractivity contribution in [2.75, 3.05) is 11.9 Å². The third-order valence-electron chi connectivity index (χ3n) is 5.60. The second-order valence-corrected chi connectivity index (χ2v) is 9.33. The molecular formula is C22H21F3N4OS. The first kappa shape index (κ1) is 21.4. The molecule has 0 spiro atoms. The highest BCUT2D eigenvalue weighted by molar-refractivity contribution is 8.00. The molecule has 0 saturated carbocycles. The Labute approximate surface area is 182 Å². The number of anilines is 1. The lowest BCUT2D eigenvalue weighted by Crippen LogP contribution is -2.25. The van der Waals surface area contributed by atoms with Gasteiger partial charge >= 0.3 is 6.18 Å². The summed E-state index contributed by atoms with van der Waals surface area (Å²) in [5.74, 6) is -0.142. The molecule has 0 saturated heterocycles. The number of hydrogen-bond acceptors (Lipinski definition) is 5. The number of aromatic nitrogens is 3. The minimum absolute atomic E-state index is 0.142. The summed E-state index contributed by atoms with van der Waals surface area (Å²) in [7, 11) is 1.93. The minimum Gasteiger partial charge on any atom is -0.347 e. The lowest BCUT2D eigenvalue weighted by molar-refractivity contribution is -0.137. The minimum atomic E-state index is -4.47. The number of carbonyl (C=O) groups excluding carboxylic acids is 1. The van der Waals surface area contributed by atoms with Crippen LogP contribution in [0, 0.1) is 0 Å². The van der Waals surface area contributed by atoms with Crippen molar-refractivity contribution in [1.29, 1.82) is 0 Å². The van der Waals surface area contributed by atoms with Gasteiger partial charge in [-0.25, -0.2) is 0 Å². The number of carbonyl (C=O) groups is 1. The largest absolute Gasteiger partial charge is 0.417 e. The van der Waals surface area contributed by atoms with E-state index in [2.05, 4.69) is 30.1 Å². The summed E-state index contributed by atoms with van der Waals surface area (Å²) in [5, 5.41) is 7.57. The predicted octanol–water partition coefficient (Wildman–Crippen LogP) is 5.11. The standard InChI is InChI=1S/C22H21F3N4OS/c1-13(31-20-27-26-19-10-9-14(12-29(19)20)22(23,24)25)17(30)11-18-21(2,3)15-7-5-6-8-16(15)28(18)4/h5-13H,1-4H3/b18-11+. The number of halogens is 3. The molecule has 0 amide bonds. The van der Waals surface area contributed by atoms with Crippen LogP contribution in [-0.4, -0.2) is 32.7 Å². The van der Waals surface area contributed by atoms with Crippen LogP contribution in [-0.2, 0) is 16.4 Å². The maximum Gasteiger partial charge on any atom is 0.417 e. The van der Waals surface area contributed by atoms with Crippen molar-refractivity contribution < 1.29 is 18.0 Å². The van der Waals surface area contributed by atoms with E-state index in [1.54, 1.807) is 13.0 Å². The van der Waals surface area contributed by atoms with E-state index in [0.717, 1.165) is 41.0 Å². The van der Waals surface area contributed by atoms with Crippen molar-refractivity contribution in [2.45, 2.75) is 42.8 Å². The van der Waals surface area contributed by atoms with E-state index in [0.29, 0.717) is 5.65 Å². The van der Waals surface area contributed by atoms with Crippen LogP contribution in [0.25, 0.3) is 5.65 Å². The van der Waals surface area contributed by atoms with E-state index >= 15 is 0 Å². The molecule has 1 atom stereocenters. The highest BCUT2D eigenvalue weighted by Crippen LogP contribution is 2.46. The SMILES string of the molecule is CC(Sc1nnc2ccc(C(F)(F)F)cn12)C(=O)/C=C1/N(C)c2ccccc2C1(C)C. The van der Waals surface area contributed by atoms with Crippen LogP contribution in [0.2, 0.25) is 0 Å². The average molecular weight is 446 g/mol. The van der Waals surface area contributed by atoms with Crippen LogP contribution >= 0.6 is 11.8 Å². The number of nitrogens with zero attached hydrogens (tertiary/aromatic N) is 4. The number of benzene rings is 1. The molecule has 5 nitrogen and oxygen atoms in total. The van der Waals surface area contributed by atoms with Gasteiger partial charge in [-0.1, -0.05) is 43.8 Å². The number of ketones is 1. The molecule has 0 fully saturated rings. The quantitative estimate of drug-likeness (QED) is 0.412. The number of hydrogen-bond donors (Lipinski definition) is 0. The van der Waals surface area contributed by atoms with Crippen molar-refractivity contribution in [3.05, 3.63) is 65.5 Å². The van der Waals surface area contributed by atoms with Gasteiger partial charge in [-0.05, 0) is 30.7 Å². The van der Waals surface area contributed by atoms with Crippen molar-refractivity contribution >= 4 is 28.9 Å². The molecule has 1 unspecified atom stereocenters. The summed E-state index contributed by atoms with van der Waals surface area (Å²) < 4.78 is 40.5. The molecule has 0 radical (unpaired) electrons. The van der Waals surface area contributed by atoms with E-state index in [4.69, 9.17) is 0 Å². The second-order valence-electron chi connectivity index (χ2n) is 8.02. The third-order valence-corrected chi connectivity index (χ3v) is 6.68. The second kappa shape index (κ2) is 7.40. The lowest BCUT2D eigenvalue weighted by Gasteiger charge is -2.24. The summed E-state index contributed by atoms with van der Waals surface area (Å²) in [5.41, 5.74) is 2.22. The van der Waals surface area contributed by atoms with E-state index < -0.39 is 17.0 Å². The molecule has 3 heterocycles. The Morgan fingerprint density at radius 3 is 2.55 bits per heavy atom. The number of fused-ring (bicyclic) bond motifs is 2. The topological polar surface area (TPSA) is 50.5 Å². The van der Waals surface area contributed by atoms with Gasteiger partial charge in [-0.3, -0.25) is 9.20 Å². The van der Waals surface area contributed by atoms with Gasteiger partial charge in [0.25, 0.3) is 0 Å². The number of likely N-dealkylation sites (N-methyl/N-ethyl adjacent to an activating group) is 1. The van der Waals surface area contributed by atoms with Gasteiger partial charge in [0.05, 0.1) is 10.8 Å². The molecule has 162 valence electrons. The molecule has 31 heavy (non-hydrogen) atoms. The van der Waals surface area contributed by atoms with E-state index in [9.17, 15) is 18.0 Å². The zero-order valence-electron chi connectivity index (χ0n) is 17.4. The summed E-state index contributed by atoms with van der Waals surface area (Å²) >= 11 is 1.09. The van der Waals surface area contributed by atoms with Gasteiger partial charge in [0.1, 0.15) is 0 Å². The van der Waals surface area contributed by atoms with Gasteiger partial charge in [0.15, 0.2) is 16.6 Å². The lowest BCUT2D eigenvalue weighted by atomic mass is 9.83. The Hall–Kier alpha value is -2.81. The normalized spacial score (nSPS) is 17.9. The number of thioether (sulfide) groups is 1. The molecule has 4 rings (SSSR count). The zero-order chi connectivity index (χ0) is 22.6. The molecule has 1 aromatic carbocycles. The first-order valence-corrected chi connectivity index (χ1v) is 10.6. The Morgan fingerprint density at radius 2 is 1.87 bits per heavy atom. The Bertz CT molecular complexity index is 1200. The highest BCUT2D eigenvalue weighted by Gasteiger charge is 2.39. The number of rotatable bonds is 4. The van der Waals surface area contributed by atoms with Gasteiger partial charge in [0.2, 0.25) is 0 Å². The Kier molecular flexibility index (Phi) is 5.12. The molecule has 0 aliphatic carbocycles. The Morgan fingerprint density at radius 1 is 1.16 bits per heavy atom. The molecule has 2 aromatic heterocycles. The van der Waals surface area contributed by atoms with Crippen LogP contribution in [0.1, 0.15) is 31.9 Å². The summed E-state index contributed by atoms with van der Waals surface area (Å²) in [6.07, 6.45) is -1.89. The highest BCUT2D eigenvalue weighted by atomic mass is 32.2. The fourth-order valence-electron chi connectivity index (χ4n) is 3.84. The van der Waals surface area contributed by atoms with Gasteiger partial charge < -0.3 is 4.90 Å². The average Bonchev–Trinajstić information content (AvgIpc) is 3.19. The Balaban J connectivity index is 1.60. The van der Waals surface area contributed by atoms with Crippen molar-refractivity contribution in [3.63, 3.8) is 0 Å². The zero-order valence-corrected chi connectivity index (χ0v) is 18.3. The van der Waals surface area contributed by atoms with Gasteiger partial charge in [0, 0.05) is 36.1 Å². The van der Waals surface area contributed by atoms with E-state index in [1.807, 2.05) is 30.1 Å². The third kappa shape index (κ3) is 3.71. The first-order valence-electron chi connectivity index (χ1n) is 9.68. The summed E-state index contributed by atoms with van der Waals surface area (Å²) in [6.45, 7) is 5.85. The van der Waals surface area contributed by atoms with E-state index in [-0.39, 0.29) is 16.4 Å². The molecule has 0 bridgehead atoms. The smallest absolute Gasteiger partial charge is 0.347 e. The van der Waals surface area contributed by atoms with Crippen LogP contribution in [0.4, 0.5) is 18.9 Å². The maximum absolute atomic E-state index is 13.1. The number of para-hydroxylation sites is 1. The van der Waals surface area contributed by atoms with Crippen molar-refractivity contribution in [1.82, 2.24) is 14.6 Å². The molecular weight excluding hydrogens is 425 g/mol. The van der Waals surface area contributed by atoms with Crippen LogP contribution in [0.15, 0.2) is 59.5 Å². The van der Waals surface area contributed by atoms with Gasteiger partial charge in [-0.2, -0.15) is 13.2 Å². The predicted molar refractivity (Wildman–Crippen MR) is 114 cm³/mol. The molecule has 0 N–H and O–H groups in total. The molecule has 9 heteroatoms. The van der Waals surface area contributed by atoms with Crippen LogP contribution in [0.5, 0.6) is 0 Å². The molecule has 1 aliphatic rings.